The first-order valence-corrected chi connectivity index (χ1v) is 13.8. The maximum absolute atomic E-state index is 12.5. The van der Waals surface area contributed by atoms with Gasteiger partial charge in [-0.3, -0.25) is 0 Å². The summed E-state index contributed by atoms with van der Waals surface area (Å²) in [6.07, 6.45) is 1.83. The predicted octanol–water partition coefficient (Wildman–Crippen LogP) is 4.32. The second-order valence-corrected chi connectivity index (χ2v) is 14.9. The Labute approximate surface area is 177 Å². The highest BCUT2D eigenvalue weighted by Crippen LogP contribution is 2.41. The van der Waals surface area contributed by atoms with Gasteiger partial charge in [-0.2, -0.15) is 0 Å². The molecule has 2 aliphatic heterocycles. The molecule has 3 atom stereocenters. The average Bonchev–Trinajstić information content (AvgIpc) is 3.14. The van der Waals surface area contributed by atoms with Gasteiger partial charge in [0.25, 0.3) is 0 Å². The highest BCUT2D eigenvalue weighted by atomic mass is 28.4. The molecule has 2 heterocycles. The molecule has 6 nitrogen and oxygen atoms in total. The van der Waals surface area contributed by atoms with E-state index in [-0.39, 0.29) is 17.7 Å². The van der Waals surface area contributed by atoms with Crippen molar-refractivity contribution in [2.24, 2.45) is 0 Å². The van der Waals surface area contributed by atoms with Gasteiger partial charge in [0.1, 0.15) is 12.7 Å². The number of aliphatic hydroxyl groups excluding tert-OH is 1. The minimum atomic E-state index is -2.19. The van der Waals surface area contributed by atoms with Gasteiger partial charge in [0.05, 0.1) is 24.4 Å². The molecule has 0 aromatic heterocycles. The molecule has 168 valence electrons. The van der Waals surface area contributed by atoms with Gasteiger partial charge in [-0.05, 0) is 38.4 Å². The van der Waals surface area contributed by atoms with E-state index in [1.807, 2.05) is 13.8 Å². The quantitative estimate of drug-likeness (QED) is 0.335. The van der Waals surface area contributed by atoms with Gasteiger partial charge < -0.3 is 23.7 Å². The molecular weight excluding hydrogens is 388 g/mol. The number of hydrogen-bond donors (Lipinski definition) is 1. The third-order valence-corrected chi connectivity index (χ3v) is 10.7. The van der Waals surface area contributed by atoms with Gasteiger partial charge in [0.15, 0.2) is 14.1 Å². The van der Waals surface area contributed by atoms with Crippen LogP contribution in [0.2, 0.25) is 18.1 Å². The SMILES string of the molecule is CCCCCC(O)C1=C([C@@H](O[Si](C)(C)C(C)(C)C)[C@H]2COC(C)(C)O2)COC1=O. The van der Waals surface area contributed by atoms with E-state index in [0.29, 0.717) is 18.6 Å². The Morgan fingerprint density at radius 2 is 1.93 bits per heavy atom. The third-order valence-electron chi connectivity index (χ3n) is 6.28. The van der Waals surface area contributed by atoms with Crippen molar-refractivity contribution < 1.29 is 28.5 Å². The maximum atomic E-state index is 12.5. The minimum absolute atomic E-state index is 0.00976. The Kier molecular flexibility index (Phi) is 7.77. The van der Waals surface area contributed by atoms with Gasteiger partial charge >= 0.3 is 5.97 Å². The first-order chi connectivity index (χ1) is 13.3. The second-order valence-electron chi connectivity index (χ2n) is 10.2. The van der Waals surface area contributed by atoms with E-state index in [2.05, 4.69) is 40.8 Å². The lowest BCUT2D eigenvalue weighted by atomic mass is 9.95. The lowest BCUT2D eigenvalue weighted by Gasteiger charge is -2.41. The molecule has 0 aromatic carbocycles. The molecule has 0 aliphatic carbocycles. The Bertz CT molecular complexity index is 619. The number of carbonyl (C=O) groups is 1. The van der Waals surface area contributed by atoms with Crippen LogP contribution in [0.1, 0.15) is 67.2 Å². The highest BCUT2D eigenvalue weighted by molar-refractivity contribution is 6.74. The average molecular weight is 429 g/mol. The van der Waals surface area contributed by atoms with Crippen LogP contribution in [-0.2, 0) is 23.4 Å². The fourth-order valence-electron chi connectivity index (χ4n) is 3.48. The van der Waals surface area contributed by atoms with Gasteiger partial charge in [-0.25, -0.2) is 4.79 Å². The van der Waals surface area contributed by atoms with Crippen LogP contribution in [0.15, 0.2) is 11.1 Å². The molecule has 1 fully saturated rings. The number of aliphatic hydroxyl groups is 1. The fourth-order valence-corrected chi connectivity index (χ4v) is 4.76. The van der Waals surface area contributed by atoms with E-state index < -0.39 is 32.3 Å². The van der Waals surface area contributed by atoms with Crippen molar-refractivity contribution in [2.45, 2.75) is 109 Å². The number of esters is 1. The minimum Gasteiger partial charge on any atom is -0.458 e. The second kappa shape index (κ2) is 9.18. The summed E-state index contributed by atoms with van der Waals surface area (Å²) in [6, 6.07) is 0. The lowest BCUT2D eigenvalue weighted by molar-refractivity contribution is -0.147. The molecule has 7 heteroatoms. The molecule has 0 saturated carbocycles. The summed E-state index contributed by atoms with van der Waals surface area (Å²) >= 11 is 0. The van der Waals surface area contributed by atoms with Crippen LogP contribution >= 0.6 is 0 Å². The van der Waals surface area contributed by atoms with Crippen LogP contribution in [0.25, 0.3) is 0 Å². The molecule has 2 aliphatic rings. The van der Waals surface area contributed by atoms with Crippen molar-refractivity contribution in [3.63, 3.8) is 0 Å². The van der Waals surface area contributed by atoms with Crippen LogP contribution in [0.4, 0.5) is 0 Å². The molecule has 29 heavy (non-hydrogen) atoms. The molecule has 0 aromatic rings. The zero-order valence-electron chi connectivity index (χ0n) is 19.5. The molecular formula is C22H40O6Si. The summed E-state index contributed by atoms with van der Waals surface area (Å²) in [5, 5.41) is 10.8. The maximum Gasteiger partial charge on any atom is 0.337 e. The molecule has 0 bridgehead atoms. The number of unbranched alkanes of at least 4 members (excludes halogenated alkanes) is 2. The third kappa shape index (κ3) is 5.91. The van der Waals surface area contributed by atoms with Crippen molar-refractivity contribution in [2.75, 3.05) is 13.2 Å². The Morgan fingerprint density at radius 1 is 1.28 bits per heavy atom. The number of hydrogen-bond acceptors (Lipinski definition) is 6. The van der Waals surface area contributed by atoms with Crippen molar-refractivity contribution in [3.8, 4) is 0 Å². The van der Waals surface area contributed by atoms with Gasteiger partial charge in [-0.15, -0.1) is 0 Å². The summed E-state index contributed by atoms with van der Waals surface area (Å²) in [7, 11) is -2.19. The van der Waals surface area contributed by atoms with Crippen molar-refractivity contribution in [1.29, 1.82) is 0 Å². The van der Waals surface area contributed by atoms with Crippen LogP contribution in [-0.4, -0.2) is 56.7 Å². The van der Waals surface area contributed by atoms with Crippen LogP contribution in [0.5, 0.6) is 0 Å². The zero-order valence-corrected chi connectivity index (χ0v) is 20.5. The number of carbonyl (C=O) groups excluding carboxylic acids is 1. The zero-order chi connectivity index (χ0) is 22.0. The Morgan fingerprint density at radius 3 is 2.45 bits per heavy atom. The van der Waals surface area contributed by atoms with Crippen molar-refractivity contribution in [3.05, 3.63) is 11.1 Å². The van der Waals surface area contributed by atoms with E-state index in [9.17, 15) is 9.90 Å². The summed E-state index contributed by atoms with van der Waals surface area (Å²) < 4.78 is 24.0. The number of ether oxygens (including phenoxy) is 3. The van der Waals surface area contributed by atoms with Crippen LogP contribution < -0.4 is 0 Å². The summed E-state index contributed by atoms with van der Waals surface area (Å²) in [6.45, 7) is 17.3. The van der Waals surface area contributed by atoms with Gasteiger partial charge in [0.2, 0.25) is 0 Å². The normalized spacial score (nSPS) is 24.7. The van der Waals surface area contributed by atoms with Crippen LogP contribution in [0, 0.1) is 0 Å². The monoisotopic (exact) mass is 428 g/mol. The lowest BCUT2D eigenvalue weighted by Crippen LogP contribution is -2.49. The van der Waals surface area contributed by atoms with Crippen molar-refractivity contribution in [1.82, 2.24) is 0 Å². The Hall–Kier alpha value is -0.733. The molecule has 2 rings (SSSR count). The number of rotatable bonds is 9. The first kappa shape index (κ1) is 24.5. The Balaban J connectivity index is 2.38. The summed E-state index contributed by atoms with van der Waals surface area (Å²) in [5.74, 6) is -1.14. The van der Waals surface area contributed by atoms with E-state index in [0.717, 1.165) is 24.8 Å². The van der Waals surface area contributed by atoms with E-state index in [1.165, 1.54) is 0 Å². The first-order valence-electron chi connectivity index (χ1n) is 10.9. The highest BCUT2D eigenvalue weighted by Gasteiger charge is 2.48. The predicted molar refractivity (Wildman–Crippen MR) is 115 cm³/mol. The van der Waals surface area contributed by atoms with E-state index in [1.54, 1.807) is 0 Å². The van der Waals surface area contributed by atoms with Gasteiger partial charge in [-0.1, -0.05) is 47.0 Å². The largest absolute Gasteiger partial charge is 0.458 e. The fraction of sp³-hybridized carbons (Fsp3) is 0.864. The molecule has 1 saturated heterocycles. The summed E-state index contributed by atoms with van der Waals surface area (Å²) in [5.41, 5.74) is 1.08. The molecule has 0 spiro atoms. The van der Waals surface area contributed by atoms with E-state index >= 15 is 0 Å². The molecule has 1 N–H and O–H groups in total. The molecule has 0 radical (unpaired) electrons. The molecule has 1 unspecified atom stereocenters. The van der Waals surface area contributed by atoms with Crippen LogP contribution in [0.3, 0.4) is 0 Å². The van der Waals surface area contributed by atoms with Gasteiger partial charge in [0, 0.05) is 5.57 Å². The number of cyclic esters (lactones) is 1. The van der Waals surface area contributed by atoms with E-state index in [4.69, 9.17) is 18.6 Å². The molecule has 0 amide bonds. The smallest absolute Gasteiger partial charge is 0.337 e. The standard InChI is InChI=1S/C22H40O6Si/c1-9-10-11-12-16(23)18-15(13-25-20(18)24)19(17-14-26-22(5,6)27-17)28-29(7,8)21(2,3)4/h16-17,19,23H,9-14H2,1-8H3/t16?,17-,19-/m1/s1. The summed E-state index contributed by atoms with van der Waals surface area (Å²) in [4.78, 5) is 12.5. The van der Waals surface area contributed by atoms with Crippen molar-refractivity contribution >= 4 is 14.3 Å². The topological polar surface area (TPSA) is 74.2 Å².